The first-order valence-corrected chi connectivity index (χ1v) is 13.4. The molecule has 160 valence electrons. The van der Waals surface area contributed by atoms with Crippen molar-refractivity contribution in [3.8, 4) is 0 Å². The Balaban J connectivity index is 0. The van der Waals surface area contributed by atoms with Gasteiger partial charge in [-0.1, -0.05) is 73.1 Å². The lowest BCUT2D eigenvalue weighted by atomic mass is 9.81. The summed E-state index contributed by atoms with van der Waals surface area (Å²) < 4.78 is 11.1. The van der Waals surface area contributed by atoms with E-state index in [1.807, 2.05) is 0 Å². The number of hydrogen-bond donors (Lipinski definition) is 3. The molecule has 4 nitrogen and oxygen atoms in total. The molecule has 2 N–H and O–H groups in total. The van der Waals surface area contributed by atoms with Gasteiger partial charge in [0.15, 0.2) is 0 Å². The molecule has 0 bridgehead atoms. The van der Waals surface area contributed by atoms with Crippen LogP contribution in [0, 0.1) is 10.8 Å². The number of rotatable bonds is 10. The second kappa shape index (κ2) is 14.8. The van der Waals surface area contributed by atoms with Crippen molar-refractivity contribution in [1.82, 2.24) is 0 Å². The molecule has 0 aromatic heterocycles. The summed E-state index contributed by atoms with van der Waals surface area (Å²) in [5.41, 5.74) is -2.19. The average Bonchev–Trinajstić information content (AvgIpc) is 2.58. The van der Waals surface area contributed by atoms with E-state index in [9.17, 15) is 0 Å². The van der Waals surface area contributed by atoms with Crippen LogP contribution in [0.3, 0.4) is 0 Å². The lowest BCUT2D eigenvalue weighted by Gasteiger charge is -2.39. The van der Waals surface area contributed by atoms with Crippen LogP contribution in [-0.2, 0) is 20.9 Å². The Bertz CT molecular complexity index is 362. The van der Waals surface area contributed by atoms with Crippen LogP contribution in [0.1, 0.15) is 86.5 Å². The largest absolute Gasteiger partial charge is 0.396 e. The van der Waals surface area contributed by atoms with Gasteiger partial charge in [0.2, 0.25) is 5.69 Å². The van der Waals surface area contributed by atoms with Crippen LogP contribution in [-0.4, -0.2) is 36.6 Å². The average molecular weight is 431 g/mol. The van der Waals surface area contributed by atoms with Crippen LogP contribution in [0.4, 0.5) is 0 Å². The van der Waals surface area contributed by atoms with Gasteiger partial charge in [0.05, 0.1) is 26.4 Å². The minimum Gasteiger partial charge on any atom is -0.396 e. The molecule has 1 fully saturated rings. The fourth-order valence-electron chi connectivity index (χ4n) is 3.54. The zero-order valence-corrected chi connectivity index (χ0v) is 19.1. The molecule has 0 amide bonds. The summed E-state index contributed by atoms with van der Waals surface area (Å²) in [5, 5.41) is 18.2. The monoisotopic (exact) mass is 430 g/mol. The molecule has 1 saturated heterocycles. The topological polar surface area (TPSA) is 58.9 Å². The molecule has 1 aliphatic heterocycles. The Morgan fingerprint density at radius 1 is 0.923 bits per heavy atom. The molecule has 1 rings (SSSR count). The standard InChI is InChI=1S/C9H19O2PS2.C9H20O2.CH4/c1-3-5-9(6-4-2)7-10-12(13,14)11-8-9;1-3-5-9(7-10,8-11)6-4-2;/h3-8H2,1-2H3,(H,13,14);10-11H,3-8H2,1-2H3;1H4. The van der Waals surface area contributed by atoms with Crippen molar-refractivity contribution < 1.29 is 19.3 Å². The van der Waals surface area contributed by atoms with Gasteiger partial charge in [-0.15, -0.1) is 0 Å². The smallest absolute Gasteiger partial charge is 0.244 e. The lowest BCUT2D eigenvalue weighted by molar-refractivity contribution is 0.0243. The van der Waals surface area contributed by atoms with Crippen LogP contribution >= 0.6 is 17.9 Å². The minimum atomic E-state index is -2.19. The Morgan fingerprint density at radius 3 is 1.58 bits per heavy atom. The number of aliphatic hydroxyl groups is 2. The van der Waals surface area contributed by atoms with Gasteiger partial charge in [-0.25, -0.2) is 0 Å². The Labute approximate surface area is 172 Å². The van der Waals surface area contributed by atoms with E-state index >= 15 is 0 Å². The van der Waals surface area contributed by atoms with Crippen molar-refractivity contribution in [2.24, 2.45) is 10.8 Å². The molecular weight excluding hydrogens is 387 g/mol. The third-order valence-corrected chi connectivity index (χ3v) is 7.10. The van der Waals surface area contributed by atoms with Crippen molar-refractivity contribution in [2.75, 3.05) is 26.4 Å². The first-order valence-electron chi connectivity index (χ1n) is 9.61. The van der Waals surface area contributed by atoms with Crippen molar-refractivity contribution >= 4 is 29.7 Å². The highest BCUT2D eigenvalue weighted by Gasteiger charge is 2.37. The van der Waals surface area contributed by atoms with Gasteiger partial charge in [-0.3, -0.25) is 0 Å². The molecule has 0 radical (unpaired) electrons. The van der Waals surface area contributed by atoms with Crippen LogP contribution in [0.15, 0.2) is 0 Å². The third-order valence-electron chi connectivity index (χ3n) is 4.86. The van der Waals surface area contributed by atoms with Crippen molar-refractivity contribution in [3.63, 3.8) is 0 Å². The molecule has 0 aromatic rings. The normalized spacial score (nSPS) is 18.4. The molecule has 1 heterocycles. The third kappa shape index (κ3) is 10.4. The van der Waals surface area contributed by atoms with E-state index in [1.54, 1.807) is 0 Å². The Hall–Kier alpha value is 0.840. The quantitative estimate of drug-likeness (QED) is 0.294. The van der Waals surface area contributed by atoms with E-state index in [0.717, 1.165) is 51.7 Å². The van der Waals surface area contributed by atoms with Crippen LogP contribution in [0.2, 0.25) is 0 Å². The molecule has 0 atom stereocenters. The zero-order valence-electron chi connectivity index (χ0n) is 16.5. The van der Waals surface area contributed by atoms with Crippen LogP contribution < -0.4 is 0 Å². The van der Waals surface area contributed by atoms with Crippen molar-refractivity contribution in [3.05, 3.63) is 0 Å². The second-order valence-corrected chi connectivity index (χ2v) is 12.6. The van der Waals surface area contributed by atoms with Crippen LogP contribution in [0.25, 0.3) is 0 Å². The highest BCUT2D eigenvalue weighted by molar-refractivity contribution is 8.60. The van der Waals surface area contributed by atoms with E-state index in [1.165, 1.54) is 12.8 Å². The zero-order chi connectivity index (χ0) is 19.4. The molecule has 0 saturated carbocycles. The molecule has 0 aromatic carbocycles. The second-order valence-electron chi connectivity index (χ2n) is 7.33. The maximum Gasteiger partial charge on any atom is 0.244 e. The van der Waals surface area contributed by atoms with Crippen LogP contribution in [0.5, 0.6) is 0 Å². The maximum absolute atomic E-state index is 9.08. The van der Waals surface area contributed by atoms with E-state index in [0.29, 0.717) is 0 Å². The number of aliphatic hydroxyl groups excluding tert-OH is 2. The minimum absolute atomic E-state index is 0. The SMILES string of the molecule is C.CCCC(CO)(CO)CCC.CCCC1(CCC)COP(=S)(S)OC1. The fraction of sp³-hybridized carbons (Fsp3) is 1.00. The van der Waals surface area contributed by atoms with Gasteiger partial charge in [0.25, 0.3) is 0 Å². The highest BCUT2D eigenvalue weighted by Crippen LogP contribution is 2.59. The summed E-state index contributed by atoms with van der Waals surface area (Å²) in [6.07, 6.45) is 8.56. The maximum atomic E-state index is 9.08. The Morgan fingerprint density at radius 2 is 1.31 bits per heavy atom. The van der Waals surface area contributed by atoms with E-state index < -0.39 is 5.69 Å². The van der Waals surface area contributed by atoms with Gasteiger partial charge in [0.1, 0.15) is 0 Å². The van der Waals surface area contributed by atoms with Gasteiger partial charge in [-0.2, -0.15) is 0 Å². The summed E-state index contributed by atoms with van der Waals surface area (Å²) in [7, 11) is 0. The summed E-state index contributed by atoms with van der Waals surface area (Å²) in [4.78, 5) is 0. The van der Waals surface area contributed by atoms with Gasteiger partial charge in [-0.05, 0) is 37.5 Å². The molecule has 0 unspecified atom stereocenters. The molecule has 0 spiro atoms. The van der Waals surface area contributed by atoms with Gasteiger partial charge >= 0.3 is 0 Å². The first-order chi connectivity index (χ1) is 11.8. The fourth-order valence-corrected chi connectivity index (χ4v) is 5.15. The van der Waals surface area contributed by atoms with Crippen molar-refractivity contribution in [2.45, 2.75) is 86.5 Å². The summed E-state index contributed by atoms with van der Waals surface area (Å²) in [6.45, 7) is 10.2. The highest BCUT2D eigenvalue weighted by atomic mass is 32.9. The van der Waals surface area contributed by atoms with Gasteiger partial charge in [0, 0.05) is 10.8 Å². The number of hydrogen-bond acceptors (Lipinski definition) is 5. The molecule has 0 aliphatic carbocycles. The van der Waals surface area contributed by atoms with Gasteiger partial charge < -0.3 is 19.3 Å². The molecule has 7 heteroatoms. The van der Waals surface area contributed by atoms with E-state index in [2.05, 4.69) is 39.9 Å². The molecule has 1 aliphatic rings. The van der Waals surface area contributed by atoms with E-state index in [4.69, 9.17) is 31.1 Å². The summed E-state index contributed by atoms with van der Waals surface area (Å²) in [5.74, 6) is 0. The molecular formula is C19H43O4PS2. The predicted molar refractivity (Wildman–Crippen MR) is 121 cm³/mol. The Kier molecular flexibility index (Phi) is 16.5. The summed E-state index contributed by atoms with van der Waals surface area (Å²) >= 11 is 9.31. The molecule has 26 heavy (non-hydrogen) atoms. The lowest BCUT2D eigenvalue weighted by Crippen LogP contribution is -2.34. The van der Waals surface area contributed by atoms with Crippen molar-refractivity contribution in [1.29, 1.82) is 0 Å². The predicted octanol–water partition coefficient (Wildman–Crippen LogP) is 5.97. The number of thiol groups is 1. The van der Waals surface area contributed by atoms with E-state index in [-0.39, 0.29) is 31.5 Å². The summed E-state index contributed by atoms with van der Waals surface area (Å²) in [6, 6.07) is 0. The first kappa shape index (κ1) is 29.0.